The topological polar surface area (TPSA) is 50.2 Å². The quantitative estimate of drug-likeness (QED) is 0.819. The second-order valence-electron chi connectivity index (χ2n) is 6.78. The van der Waals surface area contributed by atoms with Gasteiger partial charge in [-0.1, -0.05) is 12.1 Å². The molecule has 0 atom stereocenters. The number of H-pyrrole nitrogens is 1. The van der Waals surface area contributed by atoms with E-state index in [1.807, 2.05) is 39.5 Å². The molecule has 1 aromatic carbocycles. The number of morpholine rings is 1. The monoisotopic (exact) mass is 355 g/mol. The van der Waals surface area contributed by atoms with E-state index in [9.17, 15) is 4.79 Å². The minimum atomic E-state index is -0.0169. The Morgan fingerprint density at radius 2 is 1.81 bits per heavy atom. The van der Waals surface area contributed by atoms with E-state index in [1.165, 1.54) is 0 Å². The van der Waals surface area contributed by atoms with Crippen molar-refractivity contribution >= 4 is 17.3 Å². The number of benzene rings is 1. The van der Waals surface area contributed by atoms with E-state index in [4.69, 9.17) is 4.74 Å². The van der Waals surface area contributed by atoms with E-state index in [0.29, 0.717) is 12.2 Å². The van der Waals surface area contributed by atoms with Crippen LogP contribution in [0.25, 0.3) is 0 Å². The number of anilines is 2. The van der Waals surface area contributed by atoms with E-state index in [1.54, 1.807) is 4.90 Å². The van der Waals surface area contributed by atoms with Crippen LogP contribution in [0, 0.1) is 0 Å². The number of nitrogens with one attached hydrogen (secondary N) is 1. The molecule has 2 aromatic rings. The minimum absolute atomic E-state index is 0.0169. The van der Waals surface area contributed by atoms with Crippen LogP contribution < -0.4 is 14.8 Å². The molecule has 0 aliphatic carbocycles. The summed E-state index contributed by atoms with van der Waals surface area (Å²) in [6, 6.07) is 12.2. The SMILES string of the molecule is CN(Cc1ccc(N(C)C)cc1)C(=O)c1cc(N2CCOCC2)cc[nH+]1. The molecule has 1 N–H and O–H groups in total. The zero-order valence-corrected chi connectivity index (χ0v) is 15.7. The summed E-state index contributed by atoms with van der Waals surface area (Å²) in [4.78, 5) is 21.9. The molecule has 1 aliphatic heterocycles. The summed E-state index contributed by atoms with van der Waals surface area (Å²) in [6.07, 6.45) is 1.83. The lowest BCUT2D eigenvalue weighted by Crippen LogP contribution is -2.37. The van der Waals surface area contributed by atoms with Crippen molar-refractivity contribution in [2.75, 3.05) is 57.2 Å². The average molecular weight is 355 g/mol. The van der Waals surface area contributed by atoms with Crippen molar-refractivity contribution in [3.63, 3.8) is 0 Å². The fraction of sp³-hybridized carbons (Fsp3) is 0.400. The first-order chi connectivity index (χ1) is 12.5. The highest BCUT2D eigenvalue weighted by atomic mass is 16.5. The maximum Gasteiger partial charge on any atom is 0.318 e. The maximum atomic E-state index is 12.8. The normalized spacial score (nSPS) is 14.2. The molecule has 26 heavy (non-hydrogen) atoms. The Labute approximate surface area is 155 Å². The molecule has 6 nitrogen and oxygen atoms in total. The maximum absolute atomic E-state index is 12.8. The highest BCUT2D eigenvalue weighted by molar-refractivity contribution is 5.91. The van der Waals surface area contributed by atoms with Crippen LogP contribution >= 0.6 is 0 Å². The van der Waals surface area contributed by atoms with E-state index in [2.05, 4.69) is 39.0 Å². The van der Waals surface area contributed by atoms with Crippen molar-refractivity contribution in [3.8, 4) is 0 Å². The van der Waals surface area contributed by atoms with E-state index in [0.717, 1.165) is 43.2 Å². The Morgan fingerprint density at radius 3 is 2.46 bits per heavy atom. The number of ether oxygens (including phenoxy) is 1. The molecule has 6 heteroatoms. The predicted octanol–water partition coefficient (Wildman–Crippen LogP) is 1.68. The third kappa shape index (κ3) is 4.32. The smallest absolute Gasteiger partial charge is 0.318 e. The minimum Gasteiger partial charge on any atom is -0.378 e. The van der Waals surface area contributed by atoms with E-state index in [-0.39, 0.29) is 5.91 Å². The van der Waals surface area contributed by atoms with Gasteiger partial charge in [-0.25, -0.2) is 4.98 Å². The lowest BCUT2D eigenvalue weighted by molar-refractivity contribution is -0.382. The van der Waals surface area contributed by atoms with Gasteiger partial charge in [-0.2, -0.15) is 0 Å². The second-order valence-corrected chi connectivity index (χ2v) is 6.78. The Morgan fingerprint density at radius 1 is 1.12 bits per heavy atom. The molecule has 1 aromatic heterocycles. The standard InChI is InChI=1S/C20H26N4O2/c1-22(2)17-6-4-16(5-7-17)15-23(3)20(25)19-14-18(8-9-21-19)24-10-12-26-13-11-24/h4-9,14H,10-13,15H2,1-3H3/p+1. The van der Waals surface area contributed by atoms with Crippen LogP contribution in [-0.4, -0.2) is 58.3 Å². The summed E-state index contributed by atoms with van der Waals surface area (Å²) >= 11 is 0. The number of hydrogen-bond acceptors (Lipinski definition) is 4. The van der Waals surface area contributed by atoms with Gasteiger partial charge in [0.15, 0.2) is 6.20 Å². The Bertz CT molecular complexity index is 740. The molecule has 0 radical (unpaired) electrons. The number of aromatic nitrogens is 1. The zero-order valence-electron chi connectivity index (χ0n) is 15.7. The Balaban J connectivity index is 1.68. The number of carbonyl (C=O) groups excluding carboxylic acids is 1. The van der Waals surface area contributed by atoms with Crippen molar-refractivity contribution in [3.05, 3.63) is 53.9 Å². The zero-order chi connectivity index (χ0) is 18.5. The van der Waals surface area contributed by atoms with Gasteiger partial charge >= 0.3 is 5.91 Å². The van der Waals surface area contributed by atoms with Crippen molar-refractivity contribution < 1.29 is 14.5 Å². The molecule has 138 valence electrons. The highest BCUT2D eigenvalue weighted by Gasteiger charge is 2.21. The number of nitrogens with zero attached hydrogens (tertiary/aromatic N) is 3. The lowest BCUT2D eigenvalue weighted by Gasteiger charge is -2.28. The van der Waals surface area contributed by atoms with Crippen LogP contribution in [0.1, 0.15) is 16.1 Å². The molecular formula is C20H27N4O2+. The van der Waals surface area contributed by atoms with Crippen LogP contribution in [0.5, 0.6) is 0 Å². The number of hydrogen-bond donors (Lipinski definition) is 0. The second kappa shape index (κ2) is 8.19. The molecule has 0 unspecified atom stereocenters. The molecule has 0 bridgehead atoms. The summed E-state index contributed by atoms with van der Waals surface area (Å²) in [5, 5.41) is 0. The highest BCUT2D eigenvalue weighted by Crippen LogP contribution is 2.17. The summed E-state index contributed by atoms with van der Waals surface area (Å²) in [5.41, 5.74) is 3.91. The van der Waals surface area contributed by atoms with Crippen molar-refractivity contribution in [1.82, 2.24) is 4.90 Å². The van der Waals surface area contributed by atoms with Gasteiger partial charge in [0.2, 0.25) is 0 Å². The van der Waals surface area contributed by atoms with Crippen LogP contribution in [-0.2, 0) is 11.3 Å². The molecule has 1 amide bonds. The van der Waals surface area contributed by atoms with Crippen molar-refractivity contribution in [1.29, 1.82) is 0 Å². The summed E-state index contributed by atoms with van der Waals surface area (Å²) in [7, 11) is 5.86. The number of pyridine rings is 1. The van der Waals surface area contributed by atoms with Crippen LogP contribution in [0.2, 0.25) is 0 Å². The molecular weight excluding hydrogens is 328 g/mol. The molecule has 0 saturated carbocycles. The van der Waals surface area contributed by atoms with Crippen LogP contribution in [0.4, 0.5) is 11.4 Å². The summed E-state index contributed by atoms with van der Waals surface area (Å²) < 4.78 is 5.40. The summed E-state index contributed by atoms with van der Waals surface area (Å²) in [6.45, 7) is 3.73. The van der Waals surface area contributed by atoms with Gasteiger partial charge < -0.3 is 19.4 Å². The number of rotatable bonds is 5. The van der Waals surface area contributed by atoms with Gasteiger partial charge in [0, 0.05) is 64.3 Å². The van der Waals surface area contributed by atoms with Gasteiger partial charge in [0.1, 0.15) is 0 Å². The molecule has 0 spiro atoms. The fourth-order valence-corrected chi connectivity index (χ4v) is 3.05. The Kier molecular flexibility index (Phi) is 5.73. The fourth-order valence-electron chi connectivity index (χ4n) is 3.05. The Hall–Kier alpha value is -2.60. The van der Waals surface area contributed by atoms with Gasteiger partial charge in [-0.3, -0.25) is 4.79 Å². The van der Waals surface area contributed by atoms with Crippen molar-refractivity contribution in [2.24, 2.45) is 0 Å². The number of aromatic amines is 1. The van der Waals surface area contributed by atoms with E-state index < -0.39 is 0 Å². The van der Waals surface area contributed by atoms with Gasteiger partial charge in [-0.15, -0.1) is 0 Å². The number of carbonyl (C=O) groups is 1. The molecule has 2 heterocycles. The third-order valence-corrected chi connectivity index (χ3v) is 4.61. The molecule has 3 rings (SSSR count). The first-order valence-corrected chi connectivity index (χ1v) is 8.91. The average Bonchev–Trinajstić information content (AvgIpc) is 2.68. The van der Waals surface area contributed by atoms with Gasteiger partial charge in [0.25, 0.3) is 5.69 Å². The van der Waals surface area contributed by atoms with Crippen LogP contribution in [0.3, 0.4) is 0 Å². The number of amides is 1. The third-order valence-electron chi connectivity index (χ3n) is 4.61. The lowest BCUT2D eigenvalue weighted by atomic mass is 10.2. The largest absolute Gasteiger partial charge is 0.378 e. The summed E-state index contributed by atoms with van der Waals surface area (Å²) in [5.74, 6) is -0.0169. The molecule has 1 fully saturated rings. The van der Waals surface area contributed by atoms with E-state index >= 15 is 0 Å². The van der Waals surface area contributed by atoms with Gasteiger partial charge in [0.05, 0.1) is 13.2 Å². The molecule has 1 saturated heterocycles. The predicted molar refractivity (Wildman–Crippen MR) is 103 cm³/mol. The van der Waals surface area contributed by atoms with Crippen molar-refractivity contribution in [2.45, 2.75) is 6.54 Å². The van der Waals surface area contributed by atoms with Gasteiger partial charge in [-0.05, 0) is 17.7 Å². The molecule has 1 aliphatic rings. The first kappa shape index (κ1) is 18.2. The first-order valence-electron chi connectivity index (χ1n) is 8.91. The van der Waals surface area contributed by atoms with Crippen LogP contribution in [0.15, 0.2) is 42.6 Å².